The maximum absolute atomic E-state index is 12.3. The van der Waals surface area contributed by atoms with Crippen molar-refractivity contribution in [3.8, 4) is 0 Å². The third-order valence-electron chi connectivity index (χ3n) is 3.88. The molecule has 0 atom stereocenters. The molecule has 1 aliphatic rings. The Balaban J connectivity index is 1.72. The van der Waals surface area contributed by atoms with Gasteiger partial charge < -0.3 is 19.5 Å². The van der Waals surface area contributed by atoms with Crippen LogP contribution in [0.2, 0.25) is 0 Å². The highest BCUT2D eigenvalue weighted by Gasteiger charge is 2.19. The van der Waals surface area contributed by atoms with Crippen molar-refractivity contribution in [1.82, 2.24) is 15.5 Å². The van der Waals surface area contributed by atoms with Crippen LogP contribution in [0.4, 0.5) is 5.82 Å². The van der Waals surface area contributed by atoms with E-state index in [-0.39, 0.29) is 5.91 Å². The molecule has 2 aromatic rings. The average molecular weight is 316 g/mol. The molecule has 0 aromatic carbocycles. The average Bonchev–Trinajstić information content (AvgIpc) is 2.92. The van der Waals surface area contributed by atoms with Gasteiger partial charge in [-0.3, -0.25) is 4.79 Å². The molecule has 3 rings (SSSR count). The summed E-state index contributed by atoms with van der Waals surface area (Å²) in [6, 6.07) is 3.85. The number of carbonyl (C=O) groups excluding carboxylic acids is 1. The lowest BCUT2D eigenvalue weighted by molar-refractivity contribution is 0.0948. The fraction of sp³-hybridized carbons (Fsp3) is 0.438. The van der Waals surface area contributed by atoms with Crippen LogP contribution in [0.3, 0.4) is 0 Å². The minimum atomic E-state index is -0.182. The first-order chi connectivity index (χ1) is 11.2. The number of pyridine rings is 1. The largest absolute Gasteiger partial charge is 0.378 e. The molecule has 122 valence electrons. The predicted molar refractivity (Wildman–Crippen MR) is 84.4 cm³/mol. The SMILES string of the molecule is Cc1noc(C)c1C(=O)NCc1cccnc1N1CCOCC1. The van der Waals surface area contributed by atoms with Crippen molar-refractivity contribution in [3.05, 3.63) is 40.9 Å². The van der Waals surface area contributed by atoms with Crippen molar-refractivity contribution in [1.29, 1.82) is 0 Å². The molecule has 0 spiro atoms. The molecule has 0 unspecified atom stereocenters. The summed E-state index contributed by atoms with van der Waals surface area (Å²) >= 11 is 0. The van der Waals surface area contributed by atoms with Gasteiger partial charge >= 0.3 is 0 Å². The van der Waals surface area contributed by atoms with Crippen LogP contribution in [0.25, 0.3) is 0 Å². The summed E-state index contributed by atoms with van der Waals surface area (Å²) in [5, 5.41) is 6.74. The van der Waals surface area contributed by atoms with E-state index in [0.29, 0.717) is 36.8 Å². The Morgan fingerprint density at radius 2 is 2.13 bits per heavy atom. The smallest absolute Gasteiger partial charge is 0.257 e. The van der Waals surface area contributed by atoms with Crippen molar-refractivity contribution in [2.24, 2.45) is 0 Å². The number of morpholine rings is 1. The van der Waals surface area contributed by atoms with E-state index in [0.717, 1.165) is 24.5 Å². The summed E-state index contributed by atoms with van der Waals surface area (Å²) in [6.07, 6.45) is 1.77. The van der Waals surface area contributed by atoms with E-state index >= 15 is 0 Å². The summed E-state index contributed by atoms with van der Waals surface area (Å²) in [5.41, 5.74) is 2.08. The quantitative estimate of drug-likeness (QED) is 0.919. The van der Waals surface area contributed by atoms with Crippen LogP contribution in [-0.2, 0) is 11.3 Å². The number of hydrogen-bond acceptors (Lipinski definition) is 6. The molecule has 0 bridgehead atoms. The van der Waals surface area contributed by atoms with Crippen LogP contribution in [0.5, 0.6) is 0 Å². The molecule has 7 heteroatoms. The van der Waals surface area contributed by atoms with Gasteiger partial charge in [-0.25, -0.2) is 4.98 Å². The predicted octanol–water partition coefficient (Wildman–Crippen LogP) is 1.45. The molecule has 1 amide bonds. The molecule has 0 aliphatic carbocycles. The molecule has 0 radical (unpaired) electrons. The third kappa shape index (κ3) is 3.34. The lowest BCUT2D eigenvalue weighted by atomic mass is 10.1. The standard InChI is InChI=1S/C16H20N4O3/c1-11-14(12(2)23-19-11)16(21)18-10-13-4-3-5-17-15(13)20-6-8-22-9-7-20/h3-5H,6-10H2,1-2H3,(H,18,21). The third-order valence-corrected chi connectivity index (χ3v) is 3.88. The van der Waals surface area contributed by atoms with Crippen LogP contribution in [0.15, 0.2) is 22.9 Å². The Morgan fingerprint density at radius 3 is 2.83 bits per heavy atom. The van der Waals surface area contributed by atoms with Crippen LogP contribution in [0, 0.1) is 13.8 Å². The van der Waals surface area contributed by atoms with Crippen molar-refractivity contribution in [3.63, 3.8) is 0 Å². The van der Waals surface area contributed by atoms with Gasteiger partial charge in [-0.1, -0.05) is 11.2 Å². The maximum atomic E-state index is 12.3. The second-order valence-corrected chi connectivity index (χ2v) is 5.47. The molecule has 2 aromatic heterocycles. The number of rotatable bonds is 4. The molecule has 7 nitrogen and oxygen atoms in total. The van der Waals surface area contributed by atoms with Crippen molar-refractivity contribution in [2.75, 3.05) is 31.2 Å². The van der Waals surface area contributed by atoms with Crippen LogP contribution in [0.1, 0.15) is 27.4 Å². The molecule has 1 saturated heterocycles. The van der Waals surface area contributed by atoms with Gasteiger partial charge in [0.1, 0.15) is 17.1 Å². The summed E-state index contributed by atoms with van der Waals surface area (Å²) < 4.78 is 10.4. The number of carbonyl (C=O) groups is 1. The second-order valence-electron chi connectivity index (χ2n) is 5.47. The molecular weight excluding hydrogens is 296 g/mol. The second kappa shape index (κ2) is 6.78. The highest BCUT2D eigenvalue weighted by Crippen LogP contribution is 2.19. The highest BCUT2D eigenvalue weighted by atomic mass is 16.5. The van der Waals surface area contributed by atoms with Gasteiger partial charge in [0.2, 0.25) is 0 Å². The first kappa shape index (κ1) is 15.5. The number of hydrogen-bond donors (Lipinski definition) is 1. The van der Waals surface area contributed by atoms with E-state index in [1.54, 1.807) is 20.0 Å². The molecule has 1 aliphatic heterocycles. The zero-order valence-corrected chi connectivity index (χ0v) is 13.3. The molecule has 1 N–H and O–H groups in total. The number of amides is 1. The zero-order chi connectivity index (χ0) is 16.2. The Bertz CT molecular complexity index is 673. The number of nitrogens with one attached hydrogen (secondary N) is 1. The van der Waals surface area contributed by atoms with Gasteiger partial charge in [0.25, 0.3) is 5.91 Å². The van der Waals surface area contributed by atoms with Gasteiger partial charge in [-0.15, -0.1) is 0 Å². The Hall–Kier alpha value is -2.41. The van der Waals surface area contributed by atoms with Crippen molar-refractivity contribution in [2.45, 2.75) is 20.4 Å². The van der Waals surface area contributed by atoms with E-state index in [1.807, 2.05) is 12.1 Å². The van der Waals surface area contributed by atoms with E-state index in [1.165, 1.54) is 0 Å². The van der Waals surface area contributed by atoms with Gasteiger partial charge in [0.15, 0.2) is 0 Å². The number of anilines is 1. The number of nitrogens with zero attached hydrogens (tertiary/aromatic N) is 3. The summed E-state index contributed by atoms with van der Waals surface area (Å²) in [4.78, 5) is 19.0. The minimum absolute atomic E-state index is 0.182. The van der Waals surface area contributed by atoms with Crippen LogP contribution in [-0.4, -0.2) is 42.4 Å². The van der Waals surface area contributed by atoms with E-state index in [9.17, 15) is 4.79 Å². The van der Waals surface area contributed by atoms with Crippen molar-refractivity contribution >= 4 is 11.7 Å². The Kier molecular flexibility index (Phi) is 4.57. The van der Waals surface area contributed by atoms with Crippen molar-refractivity contribution < 1.29 is 14.1 Å². The fourth-order valence-electron chi connectivity index (χ4n) is 2.70. The number of ether oxygens (including phenoxy) is 1. The minimum Gasteiger partial charge on any atom is -0.378 e. The fourth-order valence-corrected chi connectivity index (χ4v) is 2.70. The Labute approximate surface area is 134 Å². The summed E-state index contributed by atoms with van der Waals surface area (Å²) in [5.74, 6) is 1.24. The maximum Gasteiger partial charge on any atom is 0.257 e. The monoisotopic (exact) mass is 316 g/mol. The van der Waals surface area contributed by atoms with Crippen LogP contribution < -0.4 is 10.2 Å². The molecule has 1 fully saturated rings. The molecule has 3 heterocycles. The lowest BCUT2D eigenvalue weighted by Gasteiger charge is -2.29. The molecular formula is C16H20N4O3. The first-order valence-electron chi connectivity index (χ1n) is 7.64. The first-order valence-corrected chi connectivity index (χ1v) is 7.64. The summed E-state index contributed by atoms with van der Waals surface area (Å²) in [7, 11) is 0. The van der Waals surface area contributed by atoms with Gasteiger partial charge in [0, 0.05) is 31.4 Å². The zero-order valence-electron chi connectivity index (χ0n) is 13.3. The number of aryl methyl sites for hydroxylation is 2. The van der Waals surface area contributed by atoms with Crippen LogP contribution >= 0.6 is 0 Å². The normalized spacial score (nSPS) is 14.8. The van der Waals surface area contributed by atoms with E-state index in [2.05, 4.69) is 20.4 Å². The topological polar surface area (TPSA) is 80.5 Å². The summed E-state index contributed by atoms with van der Waals surface area (Å²) in [6.45, 7) is 6.91. The lowest BCUT2D eigenvalue weighted by Crippen LogP contribution is -2.37. The van der Waals surface area contributed by atoms with Gasteiger partial charge in [0.05, 0.1) is 18.9 Å². The Morgan fingerprint density at radius 1 is 1.35 bits per heavy atom. The van der Waals surface area contributed by atoms with E-state index < -0.39 is 0 Å². The number of aromatic nitrogens is 2. The molecule has 0 saturated carbocycles. The van der Waals surface area contributed by atoms with Gasteiger partial charge in [-0.2, -0.15) is 0 Å². The van der Waals surface area contributed by atoms with E-state index in [4.69, 9.17) is 9.26 Å². The highest BCUT2D eigenvalue weighted by molar-refractivity contribution is 5.96. The van der Waals surface area contributed by atoms with Gasteiger partial charge in [-0.05, 0) is 19.9 Å². The molecule has 23 heavy (non-hydrogen) atoms.